The Bertz CT molecular complexity index is 1660. The summed E-state index contributed by atoms with van der Waals surface area (Å²) in [6.07, 6.45) is -12.7. The van der Waals surface area contributed by atoms with Gasteiger partial charge in [-0.1, -0.05) is 24.3 Å². The molecule has 268 valence electrons. The van der Waals surface area contributed by atoms with Crippen LogP contribution in [0.2, 0.25) is 0 Å². The van der Waals surface area contributed by atoms with Gasteiger partial charge in [-0.3, -0.25) is 0 Å². The van der Waals surface area contributed by atoms with Crippen molar-refractivity contribution in [1.29, 1.82) is 0 Å². The normalized spacial score (nSPS) is 26.5. The monoisotopic (exact) mass is 740 g/mol. The van der Waals surface area contributed by atoms with Gasteiger partial charge in [0.15, 0.2) is 5.75 Å². The van der Waals surface area contributed by atoms with E-state index in [1.165, 1.54) is 36.4 Å². The van der Waals surface area contributed by atoms with E-state index in [0.717, 1.165) is 44.2 Å². The summed E-state index contributed by atoms with van der Waals surface area (Å²) >= 11 is 0. The van der Waals surface area contributed by atoms with Gasteiger partial charge in [-0.2, -0.15) is 52.0 Å². The van der Waals surface area contributed by atoms with Crippen LogP contribution in [0.4, 0.5) is 43.9 Å². The molecule has 0 saturated heterocycles. The molecule has 0 amide bonds. The summed E-state index contributed by atoms with van der Waals surface area (Å²) in [6.45, 7) is 0. The van der Waals surface area contributed by atoms with Crippen molar-refractivity contribution in [2.45, 2.75) is 80.3 Å². The Morgan fingerprint density at radius 3 is 1.46 bits per heavy atom. The van der Waals surface area contributed by atoms with Gasteiger partial charge >= 0.3 is 37.8 Å². The number of alkyl halides is 10. The van der Waals surface area contributed by atoms with Gasteiger partial charge < -0.3 is 8.37 Å². The molecule has 48 heavy (non-hydrogen) atoms. The van der Waals surface area contributed by atoms with E-state index in [1.807, 2.05) is 0 Å². The molecule has 0 N–H and O–H groups in total. The Kier molecular flexibility index (Phi) is 9.30. The van der Waals surface area contributed by atoms with Crippen molar-refractivity contribution in [3.63, 3.8) is 0 Å². The van der Waals surface area contributed by atoms with Crippen LogP contribution in [-0.4, -0.2) is 46.1 Å². The molecular weight excluding hydrogens is 710 g/mol. The van der Waals surface area contributed by atoms with Gasteiger partial charge in [-0.15, -0.1) is 0 Å². The fourth-order valence-corrected chi connectivity index (χ4v) is 9.91. The van der Waals surface area contributed by atoms with Crippen LogP contribution in [0.15, 0.2) is 48.5 Å². The molecule has 0 spiro atoms. The van der Waals surface area contributed by atoms with Crippen LogP contribution in [0.1, 0.15) is 62.5 Å². The summed E-state index contributed by atoms with van der Waals surface area (Å²) in [5.41, 5.74) is 0.542. The first-order chi connectivity index (χ1) is 21.9. The Morgan fingerprint density at radius 1 is 0.604 bits per heavy atom. The number of hydrogen-bond donors (Lipinski definition) is 0. The molecule has 18 heteroatoms. The lowest BCUT2D eigenvalue weighted by atomic mass is 9.42. The second-order valence-corrected chi connectivity index (χ2v) is 16.2. The maximum absolute atomic E-state index is 14.2. The zero-order valence-electron chi connectivity index (χ0n) is 24.8. The van der Waals surface area contributed by atoms with Gasteiger partial charge in [0.25, 0.3) is 5.92 Å². The first-order valence-corrected chi connectivity index (χ1v) is 17.8. The highest BCUT2D eigenvalue weighted by Crippen LogP contribution is 2.65. The molecular formula is C30H30F10O6S2. The fraction of sp³-hybridized carbons (Fsp3) is 0.600. The molecule has 0 aliphatic heterocycles. The zero-order chi connectivity index (χ0) is 35.6. The highest BCUT2D eigenvalue weighted by atomic mass is 32.2. The lowest BCUT2D eigenvalue weighted by molar-refractivity contribution is -0.181. The average molecular weight is 741 g/mol. The summed E-state index contributed by atoms with van der Waals surface area (Å²) in [5.74, 6) is -6.84. The smallest absolute Gasteiger partial charge is 0.382 e. The van der Waals surface area contributed by atoms with Gasteiger partial charge in [0.05, 0.1) is 6.42 Å². The molecule has 2 aromatic carbocycles. The molecule has 6 rings (SSSR count). The molecule has 0 unspecified atom stereocenters. The van der Waals surface area contributed by atoms with E-state index in [0.29, 0.717) is 23.0 Å². The van der Waals surface area contributed by atoms with E-state index < -0.39 is 85.7 Å². The Labute approximate surface area is 270 Å². The number of hydrogen-bond acceptors (Lipinski definition) is 6. The van der Waals surface area contributed by atoms with Crippen LogP contribution in [0.5, 0.6) is 11.5 Å². The van der Waals surface area contributed by atoms with Crippen molar-refractivity contribution in [2.24, 2.45) is 23.7 Å². The fourth-order valence-electron chi connectivity index (χ4n) is 7.99. The van der Waals surface area contributed by atoms with E-state index >= 15 is 0 Å². The van der Waals surface area contributed by atoms with Crippen LogP contribution in [0.3, 0.4) is 0 Å². The number of halogens is 10. The summed E-state index contributed by atoms with van der Waals surface area (Å²) in [5, 5.41) is -4.82. The van der Waals surface area contributed by atoms with Gasteiger partial charge in [0.2, 0.25) is 0 Å². The van der Waals surface area contributed by atoms with Gasteiger partial charge in [0, 0.05) is 11.8 Å². The third-order valence-corrected chi connectivity index (χ3v) is 12.0. The Balaban J connectivity index is 1.41. The van der Waals surface area contributed by atoms with Crippen molar-refractivity contribution in [2.75, 3.05) is 5.75 Å². The maximum Gasteiger partial charge on any atom is 0.394 e. The van der Waals surface area contributed by atoms with Crippen LogP contribution >= 0.6 is 0 Å². The second kappa shape index (κ2) is 12.2. The molecule has 0 radical (unpaired) electrons. The SMILES string of the molecule is O=S(=O)(CC(F)(F)CC(F)(F)F)Oc1ccc(C2(c3ccc(OS(=O)(=O)C(F)(F)CCC(F)(F)F)cc3)C3CC4CC(C3)CC2C4)cc1. The van der Waals surface area contributed by atoms with Gasteiger partial charge in [0.1, 0.15) is 17.9 Å². The first kappa shape index (κ1) is 36.5. The topological polar surface area (TPSA) is 86.7 Å². The quantitative estimate of drug-likeness (QED) is 0.161. The summed E-state index contributed by atoms with van der Waals surface area (Å²) in [7, 11) is -10.9. The van der Waals surface area contributed by atoms with E-state index in [1.54, 1.807) is 0 Å². The minimum Gasteiger partial charge on any atom is -0.382 e. The molecule has 4 aliphatic carbocycles. The molecule has 2 aromatic rings. The van der Waals surface area contributed by atoms with Crippen molar-refractivity contribution in [3.05, 3.63) is 59.7 Å². The van der Waals surface area contributed by atoms with Gasteiger partial charge in [-0.25, -0.2) is 8.78 Å². The predicted octanol–water partition coefficient (Wildman–Crippen LogP) is 8.37. The number of benzene rings is 2. The largest absolute Gasteiger partial charge is 0.394 e. The number of rotatable bonds is 12. The van der Waals surface area contributed by atoms with Crippen LogP contribution < -0.4 is 8.37 Å². The van der Waals surface area contributed by atoms with E-state index in [2.05, 4.69) is 4.18 Å². The summed E-state index contributed by atoms with van der Waals surface area (Å²) in [4.78, 5) is 0. The molecule has 0 atom stereocenters. The van der Waals surface area contributed by atoms with E-state index in [4.69, 9.17) is 4.18 Å². The van der Waals surface area contributed by atoms with E-state index in [-0.39, 0.29) is 11.8 Å². The summed E-state index contributed by atoms with van der Waals surface area (Å²) < 4.78 is 189. The third kappa shape index (κ3) is 7.83. The maximum atomic E-state index is 14.2. The average Bonchev–Trinajstić information content (AvgIpc) is 2.90. The van der Waals surface area contributed by atoms with Crippen molar-refractivity contribution >= 4 is 20.2 Å². The van der Waals surface area contributed by atoms with Crippen molar-refractivity contribution in [1.82, 2.24) is 0 Å². The first-order valence-electron chi connectivity index (χ1n) is 14.9. The molecule has 0 heterocycles. The van der Waals surface area contributed by atoms with Gasteiger partial charge in [-0.05, 0) is 91.2 Å². The molecule has 4 bridgehead atoms. The highest BCUT2D eigenvalue weighted by Gasteiger charge is 2.58. The standard InChI is InChI=1S/C30H30F10O6S2/c31-26(32,16-28(36,37)38)17-47(41,42)45-24-5-1-20(2-6-24)30(22-12-18-11-19(14-22)15-23(30)13-18)21-3-7-25(8-4-21)46-48(43,44)29(39,40)10-9-27(33,34)35/h1-8,18-19,22-23H,9-17H2. The minimum atomic E-state index is -5.80. The van der Waals surface area contributed by atoms with Crippen LogP contribution in [0, 0.1) is 23.7 Å². The Morgan fingerprint density at radius 2 is 1.04 bits per heavy atom. The molecule has 4 saturated carbocycles. The van der Waals surface area contributed by atoms with E-state index in [9.17, 15) is 60.7 Å². The molecule has 0 aromatic heterocycles. The predicted molar refractivity (Wildman–Crippen MR) is 151 cm³/mol. The highest BCUT2D eigenvalue weighted by molar-refractivity contribution is 7.88. The molecule has 4 aliphatic rings. The summed E-state index contributed by atoms with van der Waals surface area (Å²) in [6, 6.07) is 10.6. The Hall–Kier alpha value is -2.76. The van der Waals surface area contributed by atoms with Crippen LogP contribution in [0.25, 0.3) is 0 Å². The lowest BCUT2D eigenvalue weighted by Crippen LogP contribution is -2.56. The molecule has 6 nitrogen and oxygen atoms in total. The van der Waals surface area contributed by atoms with Crippen molar-refractivity contribution in [3.8, 4) is 11.5 Å². The second-order valence-electron chi connectivity index (χ2n) is 12.9. The zero-order valence-corrected chi connectivity index (χ0v) is 26.5. The van der Waals surface area contributed by atoms with Crippen LogP contribution in [-0.2, 0) is 25.7 Å². The molecule has 4 fully saturated rings. The minimum absolute atomic E-state index is 0.0347. The van der Waals surface area contributed by atoms with Crippen molar-refractivity contribution < 1.29 is 69.1 Å². The third-order valence-electron chi connectivity index (χ3n) is 9.43. The lowest BCUT2D eigenvalue weighted by Gasteiger charge is -2.62.